The zero-order valence-electron chi connectivity index (χ0n) is 11.8. The molecule has 0 aliphatic carbocycles. The van der Waals surface area contributed by atoms with Crippen LogP contribution in [0.3, 0.4) is 0 Å². The molecular weight excluding hydrogens is 278 g/mol. The number of unbranched alkanes of at least 4 members (excludes halogenated alkanes) is 1. The van der Waals surface area contributed by atoms with E-state index in [0.717, 1.165) is 18.4 Å². The lowest BCUT2D eigenvalue weighted by Gasteiger charge is -2.14. The molecule has 20 heavy (non-hydrogen) atoms. The lowest BCUT2D eigenvalue weighted by molar-refractivity contribution is -0.142. The van der Waals surface area contributed by atoms with Crippen molar-refractivity contribution < 1.29 is 14.7 Å². The van der Waals surface area contributed by atoms with Crippen molar-refractivity contribution >= 4 is 23.5 Å². The first-order chi connectivity index (χ1) is 9.45. The Morgan fingerprint density at radius 2 is 2.10 bits per heavy atom. The molecule has 0 aliphatic heterocycles. The summed E-state index contributed by atoms with van der Waals surface area (Å²) in [6.45, 7) is 3.85. The highest BCUT2D eigenvalue weighted by atomic mass is 35.5. The third kappa shape index (κ3) is 4.85. The molecule has 0 heterocycles. The van der Waals surface area contributed by atoms with Crippen LogP contribution in [-0.4, -0.2) is 23.0 Å². The first-order valence-corrected chi connectivity index (χ1v) is 7.09. The smallest absolute Gasteiger partial charge is 0.326 e. The van der Waals surface area contributed by atoms with Crippen molar-refractivity contribution in [1.82, 2.24) is 5.32 Å². The zero-order chi connectivity index (χ0) is 15.1. The largest absolute Gasteiger partial charge is 0.480 e. The minimum Gasteiger partial charge on any atom is -0.480 e. The summed E-state index contributed by atoms with van der Waals surface area (Å²) in [6, 6.07) is 4.64. The molecule has 0 radical (unpaired) electrons. The maximum absolute atomic E-state index is 11.9. The Labute approximate surface area is 124 Å². The lowest BCUT2D eigenvalue weighted by atomic mass is 10.1. The third-order valence-electron chi connectivity index (χ3n) is 3.10. The molecule has 1 aromatic carbocycles. The second-order valence-corrected chi connectivity index (χ2v) is 5.20. The molecule has 1 atom stereocenters. The molecule has 0 bridgehead atoms. The number of aliphatic carboxylic acids is 1. The third-order valence-corrected chi connectivity index (χ3v) is 3.64. The maximum Gasteiger partial charge on any atom is 0.326 e. The molecule has 1 aromatic rings. The van der Waals surface area contributed by atoms with Crippen molar-refractivity contribution in [3.63, 3.8) is 0 Å². The number of carbonyl (C=O) groups excluding carboxylic acids is 1. The average Bonchev–Trinajstić information content (AvgIpc) is 2.39. The van der Waals surface area contributed by atoms with E-state index in [4.69, 9.17) is 16.7 Å². The van der Waals surface area contributed by atoms with E-state index < -0.39 is 12.0 Å². The van der Waals surface area contributed by atoms with E-state index in [9.17, 15) is 9.59 Å². The summed E-state index contributed by atoms with van der Waals surface area (Å²) in [5.74, 6) is -1.32. The van der Waals surface area contributed by atoms with E-state index >= 15 is 0 Å². The van der Waals surface area contributed by atoms with Gasteiger partial charge in [0.2, 0.25) is 5.91 Å². The van der Waals surface area contributed by atoms with Crippen LogP contribution in [0.25, 0.3) is 0 Å². The summed E-state index contributed by atoms with van der Waals surface area (Å²) in [5, 5.41) is 12.2. The van der Waals surface area contributed by atoms with Gasteiger partial charge in [-0.15, -0.1) is 0 Å². The number of carboxylic acids is 1. The van der Waals surface area contributed by atoms with Crippen LogP contribution in [0.5, 0.6) is 0 Å². The predicted molar refractivity (Wildman–Crippen MR) is 79.0 cm³/mol. The number of carbonyl (C=O) groups is 2. The van der Waals surface area contributed by atoms with Gasteiger partial charge in [0.1, 0.15) is 6.04 Å². The summed E-state index contributed by atoms with van der Waals surface area (Å²) in [4.78, 5) is 23.0. The SMILES string of the molecule is CCCC[C@H](NC(=O)Cc1cccc(C)c1Cl)C(=O)O. The molecule has 5 heteroatoms. The molecule has 0 spiro atoms. The number of hydrogen-bond acceptors (Lipinski definition) is 2. The standard InChI is InChI=1S/C15H20ClNO3/c1-3-4-8-12(15(19)20)17-13(18)9-11-7-5-6-10(2)14(11)16/h5-7,12H,3-4,8-9H2,1-2H3,(H,17,18)(H,19,20)/t12-/m0/s1. The Kier molecular flexibility index (Phi) is 6.52. The van der Waals surface area contributed by atoms with Crippen molar-refractivity contribution in [2.45, 2.75) is 45.6 Å². The second-order valence-electron chi connectivity index (χ2n) is 4.83. The Bertz CT molecular complexity index is 488. The van der Waals surface area contributed by atoms with Crippen LogP contribution in [0.15, 0.2) is 18.2 Å². The van der Waals surface area contributed by atoms with Crippen LogP contribution >= 0.6 is 11.6 Å². The molecule has 0 aromatic heterocycles. The van der Waals surface area contributed by atoms with Gasteiger partial charge < -0.3 is 10.4 Å². The van der Waals surface area contributed by atoms with Gasteiger partial charge in [0.05, 0.1) is 6.42 Å². The van der Waals surface area contributed by atoms with Crippen LogP contribution in [0, 0.1) is 6.92 Å². The van der Waals surface area contributed by atoms with Crippen LogP contribution in [-0.2, 0) is 16.0 Å². The van der Waals surface area contributed by atoms with Gasteiger partial charge in [-0.2, -0.15) is 0 Å². The first kappa shape index (κ1) is 16.5. The summed E-state index contributed by atoms with van der Waals surface area (Å²) in [7, 11) is 0. The summed E-state index contributed by atoms with van der Waals surface area (Å²) < 4.78 is 0. The molecule has 1 rings (SSSR count). The first-order valence-electron chi connectivity index (χ1n) is 6.71. The van der Waals surface area contributed by atoms with E-state index in [-0.39, 0.29) is 12.3 Å². The van der Waals surface area contributed by atoms with Gasteiger partial charge in [0.25, 0.3) is 0 Å². The number of halogens is 1. The Balaban J connectivity index is 2.66. The van der Waals surface area contributed by atoms with Crippen LogP contribution in [0.1, 0.15) is 37.3 Å². The fourth-order valence-corrected chi connectivity index (χ4v) is 2.12. The van der Waals surface area contributed by atoms with Gasteiger partial charge in [-0.3, -0.25) is 4.79 Å². The molecule has 0 saturated heterocycles. The van der Waals surface area contributed by atoms with E-state index in [1.807, 2.05) is 26.0 Å². The highest BCUT2D eigenvalue weighted by Gasteiger charge is 2.19. The van der Waals surface area contributed by atoms with Crippen molar-refractivity contribution in [1.29, 1.82) is 0 Å². The van der Waals surface area contributed by atoms with Crippen LogP contribution < -0.4 is 5.32 Å². The number of aryl methyl sites for hydroxylation is 1. The molecular formula is C15H20ClNO3. The molecule has 110 valence electrons. The highest BCUT2D eigenvalue weighted by Crippen LogP contribution is 2.20. The molecule has 1 amide bonds. The maximum atomic E-state index is 11.9. The van der Waals surface area contributed by atoms with Crippen LogP contribution in [0.2, 0.25) is 5.02 Å². The molecule has 0 unspecified atom stereocenters. The monoisotopic (exact) mass is 297 g/mol. The lowest BCUT2D eigenvalue weighted by Crippen LogP contribution is -2.41. The molecule has 2 N–H and O–H groups in total. The molecule has 0 saturated carbocycles. The average molecular weight is 298 g/mol. The zero-order valence-corrected chi connectivity index (χ0v) is 12.5. The normalized spacial score (nSPS) is 11.9. The molecule has 0 aliphatic rings. The number of nitrogens with one attached hydrogen (secondary N) is 1. The highest BCUT2D eigenvalue weighted by molar-refractivity contribution is 6.32. The van der Waals surface area contributed by atoms with Crippen molar-refractivity contribution in [2.24, 2.45) is 0 Å². The Morgan fingerprint density at radius 1 is 1.40 bits per heavy atom. The number of amides is 1. The fraction of sp³-hybridized carbons (Fsp3) is 0.467. The predicted octanol–water partition coefficient (Wildman–Crippen LogP) is 2.95. The number of rotatable bonds is 7. The Hall–Kier alpha value is -1.55. The fourth-order valence-electron chi connectivity index (χ4n) is 1.93. The number of hydrogen-bond donors (Lipinski definition) is 2. The van der Waals surface area contributed by atoms with E-state index in [0.29, 0.717) is 17.0 Å². The van der Waals surface area contributed by atoms with Gasteiger partial charge in [0.15, 0.2) is 0 Å². The van der Waals surface area contributed by atoms with Gasteiger partial charge in [-0.1, -0.05) is 49.6 Å². The van der Waals surface area contributed by atoms with Crippen LogP contribution in [0.4, 0.5) is 0 Å². The topological polar surface area (TPSA) is 66.4 Å². The Morgan fingerprint density at radius 3 is 2.70 bits per heavy atom. The minimum absolute atomic E-state index is 0.0937. The summed E-state index contributed by atoms with van der Waals surface area (Å²) in [6.07, 6.45) is 2.20. The van der Waals surface area contributed by atoms with Crippen molar-refractivity contribution in [2.75, 3.05) is 0 Å². The van der Waals surface area contributed by atoms with E-state index in [1.54, 1.807) is 6.07 Å². The van der Waals surface area contributed by atoms with Gasteiger partial charge in [-0.25, -0.2) is 4.79 Å². The van der Waals surface area contributed by atoms with Crippen molar-refractivity contribution in [3.8, 4) is 0 Å². The van der Waals surface area contributed by atoms with Gasteiger partial charge in [0, 0.05) is 5.02 Å². The second kappa shape index (κ2) is 7.90. The summed E-state index contributed by atoms with van der Waals surface area (Å²) >= 11 is 6.12. The number of benzene rings is 1. The van der Waals surface area contributed by atoms with Gasteiger partial charge >= 0.3 is 5.97 Å². The van der Waals surface area contributed by atoms with Gasteiger partial charge in [-0.05, 0) is 24.5 Å². The van der Waals surface area contributed by atoms with E-state index in [1.165, 1.54) is 0 Å². The molecule has 0 fully saturated rings. The number of carboxylic acid groups (broad SMARTS) is 1. The quantitative estimate of drug-likeness (QED) is 0.813. The van der Waals surface area contributed by atoms with E-state index in [2.05, 4.69) is 5.32 Å². The summed E-state index contributed by atoms with van der Waals surface area (Å²) in [5.41, 5.74) is 1.61. The minimum atomic E-state index is -0.998. The molecule has 4 nitrogen and oxygen atoms in total. The van der Waals surface area contributed by atoms with Crippen molar-refractivity contribution in [3.05, 3.63) is 34.3 Å².